The van der Waals surface area contributed by atoms with Crippen LogP contribution in [0.4, 0.5) is 0 Å². The molecule has 1 saturated heterocycles. The van der Waals surface area contributed by atoms with Gasteiger partial charge in [0.1, 0.15) is 5.76 Å². The number of rotatable bonds is 7. The number of benzene rings is 2. The van der Waals surface area contributed by atoms with Gasteiger partial charge in [-0.1, -0.05) is 42.5 Å². The highest BCUT2D eigenvalue weighted by atomic mass is 16.5. The fourth-order valence-corrected chi connectivity index (χ4v) is 5.04. The molecule has 0 saturated carbocycles. The van der Waals surface area contributed by atoms with Crippen LogP contribution in [0.25, 0.3) is 0 Å². The smallest absolute Gasteiger partial charge is 0.338 e. The van der Waals surface area contributed by atoms with E-state index in [1.807, 2.05) is 30.1 Å². The number of aryl methyl sites for hydroxylation is 1. The quantitative estimate of drug-likeness (QED) is 0.454. The van der Waals surface area contributed by atoms with Crippen molar-refractivity contribution >= 4 is 17.8 Å². The van der Waals surface area contributed by atoms with Gasteiger partial charge in [0.25, 0.3) is 11.8 Å². The Morgan fingerprint density at radius 2 is 1.61 bits per heavy atom. The van der Waals surface area contributed by atoms with Gasteiger partial charge in [-0.25, -0.2) is 4.79 Å². The van der Waals surface area contributed by atoms with Crippen molar-refractivity contribution in [3.05, 3.63) is 94.9 Å². The predicted octanol–water partition coefficient (Wildman–Crippen LogP) is 4.61. The first-order valence-corrected chi connectivity index (χ1v) is 12.2. The second kappa shape index (κ2) is 11.2. The highest BCUT2D eigenvalue weighted by Crippen LogP contribution is 2.29. The zero-order chi connectivity index (χ0) is 25.7. The minimum absolute atomic E-state index is 0.0335. The van der Waals surface area contributed by atoms with E-state index in [-0.39, 0.29) is 29.3 Å². The maximum Gasteiger partial charge on any atom is 0.338 e. The molecule has 7 nitrogen and oxygen atoms in total. The van der Waals surface area contributed by atoms with E-state index in [4.69, 9.17) is 9.15 Å². The zero-order valence-corrected chi connectivity index (χ0v) is 21.0. The van der Waals surface area contributed by atoms with Gasteiger partial charge in [-0.15, -0.1) is 0 Å². The lowest BCUT2D eigenvalue weighted by Crippen LogP contribution is -2.48. The molecule has 3 aromatic rings. The van der Waals surface area contributed by atoms with Crippen molar-refractivity contribution in [2.45, 2.75) is 32.2 Å². The molecule has 7 heteroatoms. The molecule has 36 heavy (non-hydrogen) atoms. The summed E-state index contributed by atoms with van der Waals surface area (Å²) >= 11 is 0. The first-order chi connectivity index (χ1) is 17.4. The summed E-state index contributed by atoms with van der Waals surface area (Å²) in [4.78, 5) is 42.4. The van der Waals surface area contributed by atoms with Gasteiger partial charge in [-0.05, 0) is 55.9 Å². The Bertz CT molecular complexity index is 1210. The predicted molar refractivity (Wildman–Crippen MR) is 136 cm³/mol. The number of nitrogens with zero attached hydrogens (tertiary/aromatic N) is 2. The third-order valence-corrected chi connectivity index (χ3v) is 7.13. The molecule has 1 aliphatic heterocycles. The van der Waals surface area contributed by atoms with Gasteiger partial charge in [0, 0.05) is 26.2 Å². The van der Waals surface area contributed by atoms with Crippen molar-refractivity contribution in [3.63, 3.8) is 0 Å². The number of ether oxygens (including phenoxy) is 1. The molecule has 4 rings (SSSR count). The minimum atomic E-state index is -0.522. The average molecular weight is 489 g/mol. The molecule has 0 spiro atoms. The van der Waals surface area contributed by atoms with E-state index >= 15 is 0 Å². The lowest BCUT2D eigenvalue weighted by Gasteiger charge is -2.40. The fourth-order valence-electron chi connectivity index (χ4n) is 5.04. The van der Waals surface area contributed by atoms with Crippen LogP contribution in [-0.4, -0.2) is 60.9 Å². The fraction of sp³-hybridized carbons (Fsp3) is 0.345. The van der Waals surface area contributed by atoms with E-state index in [0.717, 1.165) is 24.8 Å². The molecule has 0 aliphatic carbocycles. The third-order valence-electron chi connectivity index (χ3n) is 7.13. The van der Waals surface area contributed by atoms with Gasteiger partial charge in [0.05, 0.1) is 30.1 Å². The van der Waals surface area contributed by atoms with Gasteiger partial charge in [0.2, 0.25) is 0 Å². The summed E-state index contributed by atoms with van der Waals surface area (Å²) in [6, 6.07) is 18.6. The van der Waals surface area contributed by atoms with Crippen LogP contribution in [0.15, 0.2) is 71.3 Å². The number of amides is 2. The Labute approximate surface area is 211 Å². The molecule has 1 fully saturated rings. The summed E-state index contributed by atoms with van der Waals surface area (Å²) in [5.41, 5.74) is 2.36. The van der Waals surface area contributed by atoms with Crippen LogP contribution >= 0.6 is 0 Å². The van der Waals surface area contributed by atoms with Crippen LogP contribution in [0.5, 0.6) is 0 Å². The van der Waals surface area contributed by atoms with E-state index in [1.165, 1.54) is 7.11 Å². The summed E-state index contributed by atoms with van der Waals surface area (Å²) in [5.74, 6) is 0.0629. The maximum absolute atomic E-state index is 13.3. The molecule has 1 atom stereocenters. The number of furan rings is 1. The van der Waals surface area contributed by atoms with Crippen molar-refractivity contribution in [2.24, 2.45) is 5.92 Å². The number of carbonyl (C=O) groups is 3. The molecule has 1 aromatic heterocycles. The minimum Gasteiger partial charge on any atom is -0.469 e. The van der Waals surface area contributed by atoms with Crippen molar-refractivity contribution in [1.29, 1.82) is 0 Å². The Morgan fingerprint density at radius 3 is 2.22 bits per heavy atom. The van der Waals surface area contributed by atoms with E-state index in [0.29, 0.717) is 30.0 Å². The first kappa shape index (κ1) is 25.2. The largest absolute Gasteiger partial charge is 0.469 e. The van der Waals surface area contributed by atoms with E-state index < -0.39 is 5.97 Å². The van der Waals surface area contributed by atoms with E-state index in [2.05, 4.69) is 12.1 Å². The van der Waals surface area contributed by atoms with Gasteiger partial charge >= 0.3 is 5.97 Å². The lowest BCUT2D eigenvalue weighted by atomic mass is 9.84. The Morgan fingerprint density at radius 1 is 0.972 bits per heavy atom. The number of hydrogen-bond donors (Lipinski definition) is 0. The number of piperidine rings is 1. The van der Waals surface area contributed by atoms with Gasteiger partial charge in [-0.2, -0.15) is 0 Å². The van der Waals surface area contributed by atoms with Crippen molar-refractivity contribution in [1.82, 2.24) is 9.80 Å². The molecule has 1 aliphatic rings. The number of likely N-dealkylation sites (tertiary alicyclic amines) is 1. The van der Waals surface area contributed by atoms with Crippen LogP contribution in [0, 0.1) is 12.8 Å². The average Bonchev–Trinajstić information content (AvgIpc) is 3.36. The second-order valence-corrected chi connectivity index (χ2v) is 9.23. The maximum atomic E-state index is 13.3. The Kier molecular flexibility index (Phi) is 7.88. The first-order valence-electron chi connectivity index (χ1n) is 12.2. The Balaban J connectivity index is 1.51. The molecule has 188 valence electrons. The van der Waals surface area contributed by atoms with Gasteiger partial charge < -0.3 is 19.0 Å². The van der Waals surface area contributed by atoms with Crippen molar-refractivity contribution in [3.8, 4) is 0 Å². The van der Waals surface area contributed by atoms with Gasteiger partial charge in [0.15, 0.2) is 0 Å². The molecule has 2 amide bonds. The number of likely N-dealkylation sites (N-methyl/N-ethyl adjacent to an activating group) is 1. The highest BCUT2D eigenvalue weighted by Gasteiger charge is 2.34. The normalized spacial score (nSPS) is 14.8. The molecule has 0 radical (unpaired) electrons. The summed E-state index contributed by atoms with van der Waals surface area (Å²) < 4.78 is 10.2. The summed E-state index contributed by atoms with van der Waals surface area (Å²) in [6.45, 7) is 2.90. The Hall–Kier alpha value is -3.87. The number of hydrogen-bond acceptors (Lipinski definition) is 5. The third kappa shape index (κ3) is 5.35. The number of carbonyl (C=O) groups excluding carboxylic acids is 3. The summed E-state index contributed by atoms with van der Waals surface area (Å²) in [5, 5.41) is 0. The standard InChI is InChI=1S/C29H32N2O5/c1-20-23(15-18-36-20)27(32)30(2)26(19-21-9-5-4-6-10-21)22-13-16-31(17-14-22)28(33)24-11-7-8-12-25(24)29(34)35-3/h4-12,15,18,22,26H,13-14,16-17,19H2,1-3H3/t26-/m0/s1. The lowest BCUT2D eigenvalue weighted by molar-refractivity contribution is 0.0515. The zero-order valence-electron chi connectivity index (χ0n) is 21.0. The summed E-state index contributed by atoms with van der Waals surface area (Å²) in [7, 11) is 3.16. The van der Waals surface area contributed by atoms with Gasteiger partial charge in [-0.3, -0.25) is 9.59 Å². The van der Waals surface area contributed by atoms with E-state index in [9.17, 15) is 14.4 Å². The highest BCUT2D eigenvalue weighted by molar-refractivity contribution is 6.05. The molecule has 0 N–H and O–H groups in total. The molecule has 0 bridgehead atoms. The molecule has 2 aromatic carbocycles. The summed E-state index contributed by atoms with van der Waals surface area (Å²) in [6.07, 6.45) is 3.78. The van der Waals surface area contributed by atoms with E-state index in [1.54, 1.807) is 48.4 Å². The van der Waals surface area contributed by atoms with Crippen LogP contribution in [0.3, 0.4) is 0 Å². The van der Waals surface area contributed by atoms with Crippen LogP contribution < -0.4 is 0 Å². The number of esters is 1. The SMILES string of the molecule is COC(=O)c1ccccc1C(=O)N1CCC([C@H](Cc2ccccc2)N(C)C(=O)c2ccoc2C)CC1. The van der Waals surface area contributed by atoms with Crippen molar-refractivity contribution in [2.75, 3.05) is 27.2 Å². The topological polar surface area (TPSA) is 80.1 Å². The molecular formula is C29H32N2O5. The monoisotopic (exact) mass is 488 g/mol. The second-order valence-electron chi connectivity index (χ2n) is 9.23. The molecule has 0 unspecified atom stereocenters. The molecule has 2 heterocycles. The molecular weight excluding hydrogens is 456 g/mol. The van der Waals surface area contributed by atoms with Crippen LogP contribution in [0.2, 0.25) is 0 Å². The van der Waals surface area contributed by atoms with Crippen LogP contribution in [0.1, 0.15) is 55.2 Å². The van der Waals surface area contributed by atoms with Crippen molar-refractivity contribution < 1.29 is 23.5 Å². The van der Waals surface area contributed by atoms with Crippen LogP contribution in [-0.2, 0) is 11.2 Å². The number of methoxy groups -OCH3 is 1.